The molecule has 2 aromatic rings. The number of carboxylic acids is 1. The van der Waals surface area contributed by atoms with Gasteiger partial charge in [0.1, 0.15) is 0 Å². The van der Waals surface area contributed by atoms with Gasteiger partial charge in [-0.25, -0.2) is 0 Å². The number of amides is 1. The highest BCUT2D eigenvalue weighted by Gasteiger charge is 2.40. The second-order valence-corrected chi connectivity index (χ2v) is 6.81. The van der Waals surface area contributed by atoms with Gasteiger partial charge < -0.3 is 10.0 Å². The lowest BCUT2D eigenvalue weighted by atomic mass is 9.89. The van der Waals surface area contributed by atoms with E-state index in [0.29, 0.717) is 13.0 Å². The average molecular weight is 337 g/mol. The van der Waals surface area contributed by atoms with Crippen LogP contribution < -0.4 is 0 Å². The van der Waals surface area contributed by atoms with E-state index < -0.39 is 11.9 Å². The number of benzene rings is 2. The molecule has 0 spiro atoms. The van der Waals surface area contributed by atoms with Crippen LogP contribution in [0.15, 0.2) is 48.5 Å². The molecule has 1 saturated heterocycles. The molecule has 0 bridgehead atoms. The zero-order valence-corrected chi connectivity index (χ0v) is 14.6. The molecule has 3 rings (SSSR count). The Morgan fingerprint density at radius 3 is 2.24 bits per heavy atom. The van der Waals surface area contributed by atoms with Gasteiger partial charge in [-0.05, 0) is 36.1 Å². The Hall–Kier alpha value is -2.62. The highest BCUT2D eigenvalue weighted by Crippen LogP contribution is 2.33. The molecule has 0 radical (unpaired) electrons. The molecule has 1 fully saturated rings. The van der Waals surface area contributed by atoms with E-state index in [-0.39, 0.29) is 18.4 Å². The Morgan fingerprint density at radius 1 is 1.00 bits per heavy atom. The van der Waals surface area contributed by atoms with Gasteiger partial charge in [-0.1, -0.05) is 48.5 Å². The number of aryl methyl sites for hydroxylation is 2. The first-order valence-corrected chi connectivity index (χ1v) is 8.58. The number of aliphatic carboxylic acids is 1. The van der Waals surface area contributed by atoms with Gasteiger partial charge >= 0.3 is 5.97 Å². The second-order valence-electron chi connectivity index (χ2n) is 6.81. The maximum absolute atomic E-state index is 12.8. The zero-order chi connectivity index (χ0) is 18.0. The SMILES string of the molecule is Cc1cccc(C)c1CC(=O)N1C[C@H](C(=O)O)[C@H](c2ccccc2)C1. The molecule has 0 aliphatic carbocycles. The smallest absolute Gasteiger partial charge is 0.308 e. The van der Waals surface area contributed by atoms with Gasteiger partial charge in [-0.15, -0.1) is 0 Å². The fraction of sp³-hybridized carbons (Fsp3) is 0.333. The normalized spacial score (nSPS) is 19.8. The van der Waals surface area contributed by atoms with E-state index in [4.69, 9.17) is 0 Å². The molecule has 4 nitrogen and oxygen atoms in total. The summed E-state index contributed by atoms with van der Waals surface area (Å²) in [6.07, 6.45) is 0.326. The van der Waals surface area contributed by atoms with Gasteiger partial charge in [0.2, 0.25) is 5.91 Å². The lowest BCUT2D eigenvalue weighted by Crippen LogP contribution is -2.31. The molecule has 1 N–H and O–H groups in total. The van der Waals surface area contributed by atoms with Gasteiger partial charge in [0, 0.05) is 19.0 Å². The molecule has 130 valence electrons. The summed E-state index contributed by atoms with van der Waals surface area (Å²) in [7, 11) is 0. The number of hydrogen-bond donors (Lipinski definition) is 1. The molecule has 1 aliphatic heterocycles. The highest BCUT2D eigenvalue weighted by molar-refractivity contribution is 5.82. The average Bonchev–Trinajstić information content (AvgIpc) is 3.05. The van der Waals surface area contributed by atoms with Gasteiger partial charge in [-0.2, -0.15) is 0 Å². The minimum absolute atomic E-state index is 0.00193. The van der Waals surface area contributed by atoms with Crippen molar-refractivity contribution in [1.29, 1.82) is 0 Å². The maximum atomic E-state index is 12.8. The third kappa shape index (κ3) is 3.58. The van der Waals surface area contributed by atoms with E-state index in [9.17, 15) is 14.7 Å². The van der Waals surface area contributed by atoms with Crippen molar-refractivity contribution in [3.8, 4) is 0 Å². The molecule has 1 aliphatic rings. The quantitative estimate of drug-likeness (QED) is 0.932. The number of rotatable bonds is 4. The zero-order valence-electron chi connectivity index (χ0n) is 14.6. The van der Waals surface area contributed by atoms with E-state index in [1.54, 1.807) is 4.90 Å². The molecule has 2 aromatic carbocycles. The predicted molar refractivity (Wildman–Crippen MR) is 96.5 cm³/mol. The van der Waals surface area contributed by atoms with Crippen molar-refractivity contribution >= 4 is 11.9 Å². The summed E-state index contributed by atoms with van der Waals surface area (Å²) in [5.41, 5.74) is 4.23. The summed E-state index contributed by atoms with van der Waals surface area (Å²) in [6.45, 7) is 4.75. The number of hydrogen-bond acceptors (Lipinski definition) is 2. The van der Waals surface area contributed by atoms with Crippen LogP contribution in [0.25, 0.3) is 0 Å². The Balaban J connectivity index is 1.79. The van der Waals surface area contributed by atoms with Crippen LogP contribution in [-0.2, 0) is 16.0 Å². The van der Waals surface area contributed by atoms with Gasteiger partial charge in [0.25, 0.3) is 0 Å². The topological polar surface area (TPSA) is 57.6 Å². The summed E-state index contributed by atoms with van der Waals surface area (Å²) >= 11 is 0. The summed E-state index contributed by atoms with van der Waals surface area (Å²) in [6, 6.07) is 15.6. The van der Waals surface area contributed by atoms with Crippen molar-refractivity contribution in [3.63, 3.8) is 0 Å². The van der Waals surface area contributed by atoms with Gasteiger partial charge in [0.05, 0.1) is 12.3 Å². The van der Waals surface area contributed by atoms with Crippen molar-refractivity contribution in [2.45, 2.75) is 26.2 Å². The number of carboxylic acid groups (broad SMARTS) is 1. The summed E-state index contributed by atoms with van der Waals surface area (Å²) in [4.78, 5) is 26.2. The Kier molecular flexibility index (Phi) is 4.88. The molecule has 4 heteroatoms. The first-order valence-electron chi connectivity index (χ1n) is 8.58. The van der Waals surface area contributed by atoms with Crippen LogP contribution in [0, 0.1) is 19.8 Å². The lowest BCUT2D eigenvalue weighted by Gasteiger charge is -2.18. The van der Waals surface area contributed by atoms with E-state index in [0.717, 1.165) is 22.3 Å². The monoisotopic (exact) mass is 337 g/mol. The number of carbonyl (C=O) groups excluding carboxylic acids is 1. The first-order chi connectivity index (χ1) is 12.0. The largest absolute Gasteiger partial charge is 0.481 e. The fourth-order valence-electron chi connectivity index (χ4n) is 3.69. The molecular weight excluding hydrogens is 314 g/mol. The third-order valence-electron chi connectivity index (χ3n) is 5.19. The Labute approximate surface area is 148 Å². The summed E-state index contributed by atoms with van der Waals surface area (Å²) in [5, 5.41) is 9.58. The molecule has 0 aromatic heterocycles. The van der Waals surface area contributed by atoms with E-state index in [2.05, 4.69) is 0 Å². The highest BCUT2D eigenvalue weighted by atomic mass is 16.4. The number of carbonyl (C=O) groups is 2. The molecule has 1 amide bonds. The molecule has 1 heterocycles. The first kappa shape index (κ1) is 17.2. The number of nitrogens with zero attached hydrogens (tertiary/aromatic N) is 1. The van der Waals surface area contributed by atoms with Crippen molar-refractivity contribution in [2.75, 3.05) is 13.1 Å². The molecular formula is C21H23NO3. The van der Waals surface area contributed by atoms with Crippen molar-refractivity contribution < 1.29 is 14.7 Å². The standard InChI is InChI=1S/C21H23NO3/c1-14-7-6-8-15(2)17(14)11-20(23)22-12-18(19(13-22)21(24)25)16-9-4-3-5-10-16/h3-10,18-19H,11-13H2,1-2H3,(H,24,25)/t18-,19-/m0/s1. The second kappa shape index (κ2) is 7.09. The van der Waals surface area contributed by atoms with Gasteiger partial charge in [-0.3, -0.25) is 9.59 Å². The van der Waals surface area contributed by atoms with Crippen LogP contribution >= 0.6 is 0 Å². The molecule has 0 unspecified atom stereocenters. The van der Waals surface area contributed by atoms with Crippen molar-refractivity contribution in [1.82, 2.24) is 4.90 Å². The van der Waals surface area contributed by atoms with E-state index in [1.165, 1.54) is 0 Å². The van der Waals surface area contributed by atoms with Crippen LogP contribution in [-0.4, -0.2) is 35.0 Å². The van der Waals surface area contributed by atoms with Crippen LogP contribution in [0.4, 0.5) is 0 Å². The third-order valence-corrected chi connectivity index (χ3v) is 5.19. The predicted octanol–water partition coefficient (Wildman–Crippen LogP) is 3.17. The lowest BCUT2D eigenvalue weighted by molar-refractivity contribution is -0.141. The summed E-state index contributed by atoms with van der Waals surface area (Å²) < 4.78 is 0. The maximum Gasteiger partial charge on any atom is 0.308 e. The number of likely N-dealkylation sites (tertiary alicyclic amines) is 1. The van der Waals surface area contributed by atoms with E-state index >= 15 is 0 Å². The molecule has 25 heavy (non-hydrogen) atoms. The van der Waals surface area contributed by atoms with Crippen LogP contribution in [0.2, 0.25) is 0 Å². The van der Waals surface area contributed by atoms with Gasteiger partial charge in [0.15, 0.2) is 0 Å². The Morgan fingerprint density at radius 2 is 1.64 bits per heavy atom. The van der Waals surface area contributed by atoms with Crippen LogP contribution in [0.1, 0.15) is 28.2 Å². The van der Waals surface area contributed by atoms with Crippen LogP contribution in [0.3, 0.4) is 0 Å². The van der Waals surface area contributed by atoms with E-state index in [1.807, 2.05) is 62.4 Å². The Bertz CT molecular complexity index is 765. The van der Waals surface area contributed by atoms with Crippen molar-refractivity contribution in [3.05, 3.63) is 70.8 Å². The molecule has 2 atom stereocenters. The molecule has 0 saturated carbocycles. The summed E-state index contributed by atoms with van der Waals surface area (Å²) in [5.74, 6) is -1.54. The minimum atomic E-state index is -0.837. The van der Waals surface area contributed by atoms with Crippen LogP contribution in [0.5, 0.6) is 0 Å². The minimum Gasteiger partial charge on any atom is -0.481 e. The fourth-order valence-corrected chi connectivity index (χ4v) is 3.69. The van der Waals surface area contributed by atoms with Crippen molar-refractivity contribution in [2.24, 2.45) is 5.92 Å².